The zero-order valence-corrected chi connectivity index (χ0v) is 14.6. The Labute approximate surface area is 137 Å². The number of aliphatic carboxylic acids is 1. The van der Waals surface area contributed by atoms with Crippen molar-refractivity contribution in [3.8, 4) is 0 Å². The van der Waals surface area contributed by atoms with E-state index in [1.54, 1.807) is 32.9 Å². The molecule has 1 atom stereocenters. The summed E-state index contributed by atoms with van der Waals surface area (Å²) >= 11 is 9.34. The minimum atomic E-state index is -1.08. The molecule has 0 heterocycles. The Morgan fingerprint density at radius 2 is 1.90 bits per heavy atom. The van der Waals surface area contributed by atoms with Crippen molar-refractivity contribution in [1.82, 2.24) is 5.32 Å². The average Bonchev–Trinajstić information content (AvgIpc) is 2.31. The topological polar surface area (TPSA) is 78.4 Å². The van der Waals surface area contributed by atoms with Gasteiger partial charge in [0.25, 0.3) is 0 Å². The van der Waals surface area contributed by atoms with Crippen LogP contribution < -0.4 is 10.6 Å². The number of hydrogen-bond donors (Lipinski definition) is 3. The minimum Gasteiger partial charge on any atom is -0.480 e. The van der Waals surface area contributed by atoms with Crippen LogP contribution in [0.2, 0.25) is 5.02 Å². The van der Waals surface area contributed by atoms with Crippen molar-refractivity contribution in [2.24, 2.45) is 5.41 Å². The molecular weight excluding hydrogens is 360 g/mol. The molecule has 5 nitrogen and oxygen atoms in total. The van der Waals surface area contributed by atoms with Gasteiger partial charge in [-0.2, -0.15) is 0 Å². The molecule has 0 bridgehead atoms. The maximum atomic E-state index is 12.0. The molecule has 1 rings (SSSR count). The van der Waals surface area contributed by atoms with Crippen LogP contribution in [0.1, 0.15) is 26.3 Å². The summed E-state index contributed by atoms with van der Waals surface area (Å²) in [7, 11) is 0. The normalized spacial score (nSPS) is 12.7. The highest BCUT2D eigenvalue weighted by molar-refractivity contribution is 9.10. The third-order valence-corrected chi connectivity index (χ3v) is 3.95. The van der Waals surface area contributed by atoms with E-state index in [9.17, 15) is 14.7 Å². The molecule has 0 unspecified atom stereocenters. The van der Waals surface area contributed by atoms with Crippen molar-refractivity contribution >= 4 is 45.2 Å². The first kappa shape index (κ1) is 17.8. The molecule has 1 aromatic carbocycles. The number of carboxylic acid groups (broad SMARTS) is 1. The van der Waals surface area contributed by atoms with Gasteiger partial charge in [0.2, 0.25) is 0 Å². The predicted octanol–water partition coefficient (Wildman–Crippen LogP) is 4.03. The van der Waals surface area contributed by atoms with Crippen LogP contribution in [0.4, 0.5) is 10.5 Å². The maximum absolute atomic E-state index is 12.0. The number of nitrogens with one attached hydrogen (secondary N) is 2. The number of carbonyl (C=O) groups excluding carboxylic acids is 1. The molecule has 0 fully saturated rings. The first-order valence-corrected chi connectivity index (χ1v) is 7.45. The number of aryl methyl sites for hydroxylation is 1. The number of rotatable bonds is 3. The number of urea groups is 1. The highest BCUT2D eigenvalue weighted by Gasteiger charge is 2.32. The second-order valence-electron chi connectivity index (χ2n) is 5.82. The van der Waals surface area contributed by atoms with E-state index < -0.39 is 23.5 Å². The monoisotopic (exact) mass is 376 g/mol. The van der Waals surface area contributed by atoms with Crippen LogP contribution in [0.15, 0.2) is 16.6 Å². The molecule has 0 radical (unpaired) electrons. The van der Waals surface area contributed by atoms with Gasteiger partial charge in [0, 0.05) is 9.50 Å². The number of carbonyl (C=O) groups is 2. The third kappa shape index (κ3) is 4.89. The standard InChI is InChI=1S/C14H18BrClN2O3/c1-7-5-8(15)10(6-9(7)16)17-13(21)18-11(12(19)20)14(2,3)4/h5-6,11H,1-4H3,(H,19,20)(H2,17,18,21)/t11-/m0/s1. The Morgan fingerprint density at radius 1 is 1.33 bits per heavy atom. The third-order valence-electron chi connectivity index (χ3n) is 2.88. The van der Waals surface area contributed by atoms with Crippen molar-refractivity contribution in [3.63, 3.8) is 0 Å². The summed E-state index contributed by atoms with van der Waals surface area (Å²) in [5.41, 5.74) is 0.736. The van der Waals surface area contributed by atoms with Crippen molar-refractivity contribution < 1.29 is 14.7 Å². The molecule has 0 saturated heterocycles. The highest BCUT2D eigenvalue weighted by Crippen LogP contribution is 2.29. The number of amides is 2. The summed E-state index contributed by atoms with van der Waals surface area (Å²) in [6.45, 7) is 7.07. The zero-order valence-electron chi connectivity index (χ0n) is 12.3. The lowest BCUT2D eigenvalue weighted by Gasteiger charge is -2.27. The average molecular weight is 378 g/mol. The maximum Gasteiger partial charge on any atom is 0.326 e. The van der Waals surface area contributed by atoms with E-state index in [4.69, 9.17) is 11.6 Å². The summed E-state index contributed by atoms with van der Waals surface area (Å²) in [6.07, 6.45) is 0. The fourth-order valence-corrected chi connectivity index (χ4v) is 2.40. The SMILES string of the molecule is Cc1cc(Br)c(NC(=O)N[C@@H](C(=O)O)C(C)(C)C)cc1Cl. The smallest absolute Gasteiger partial charge is 0.326 e. The molecule has 116 valence electrons. The lowest BCUT2D eigenvalue weighted by atomic mass is 9.87. The van der Waals surface area contributed by atoms with Gasteiger partial charge in [-0.1, -0.05) is 32.4 Å². The van der Waals surface area contributed by atoms with E-state index in [1.807, 2.05) is 6.92 Å². The van der Waals surface area contributed by atoms with E-state index >= 15 is 0 Å². The number of anilines is 1. The molecule has 0 saturated carbocycles. The van der Waals surface area contributed by atoms with Crippen LogP contribution >= 0.6 is 27.5 Å². The van der Waals surface area contributed by atoms with E-state index in [-0.39, 0.29) is 0 Å². The van der Waals surface area contributed by atoms with Gasteiger partial charge in [-0.3, -0.25) is 0 Å². The van der Waals surface area contributed by atoms with Crippen LogP contribution in [-0.2, 0) is 4.79 Å². The Morgan fingerprint density at radius 3 is 2.38 bits per heavy atom. The van der Waals surface area contributed by atoms with Crippen LogP contribution in [0.5, 0.6) is 0 Å². The van der Waals surface area contributed by atoms with E-state index in [2.05, 4.69) is 26.6 Å². The van der Waals surface area contributed by atoms with Gasteiger partial charge in [-0.05, 0) is 46.0 Å². The zero-order chi connectivity index (χ0) is 16.4. The fourth-order valence-electron chi connectivity index (χ4n) is 1.68. The first-order valence-electron chi connectivity index (χ1n) is 6.28. The summed E-state index contributed by atoms with van der Waals surface area (Å²) in [4.78, 5) is 23.2. The van der Waals surface area contributed by atoms with E-state index in [0.29, 0.717) is 15.2 Å². The molecule has 7 heteroatoms. The molecule has 1 aromatic rings. The van der Waals surface area contributed by atoms with Gasteiger partial charge in [-0.25, -0.2) is 9.59 Å². The van der Waals surface area contributed by atoms with Gasteiger partial charge in [0.05, 0.1) is 5.69 Å². The highest BCUT2D eigenvalue weighted by atomic mass is 79.9. The quantitative estimate of drug-likeness (QED) is 0.744. The minimum absolute atomic E-state index is 0.473. The lowest BCUT2D eigenvalue weighted by Crippen LogP contribution is -2.50. The van der Waals surface area contributed by atoms with E-state index in [0.717, 1.165) is 5.56 Å². The first-order chi connectivity index (χ1) is 9.52. The molecule has 2 amide bonds. The lowest BCUT2D eigenvalue weighted by molar-refractivity contribution is -0.141. The molecule has 0 aliphatic carbocycles. The van der Waals surface area contributed by atoms with Crippen LogP contribution in [0, 0.1) is 12.3 Å². The Kier molecular flexibility index (Phi) is 5.64. The van der Waals surface area contributed by atoms with Crippen LogP contribution in [-0.4, -0.2) is 23.1 Å². The van der Waals surface area contributed by atoms with Gasteiger partial charge in [-0.15, -0.1) is 0 Å². The van der Waals surface area contributed by atoms with Gasteiger partial charge in [0.15, 0.2) is 0 Å². The summed E-state index contributed by atoms with van der Waals surface area (Å²) in [5.74, 6) is -1.08. The largest absolute Gasteiger partial charge is 0.480 e. The van der Waals surface area contributed by atoms with Gasteiger partial charge in [0.1, 0.15) is 6.04 Å². The summed E-state index contributed by atoms with van der Waals surface area (Å²) in [6, 6.07) is 1.78. The summed E-state index contributed by atoms with van der Waals surface area (Å²) < 4.78 is 0.669. The Hall–Kier alpha value is -1.27. The number of halogens is 2. The van der Waals surface area contributed by atoms with Crippen LogP contribution in [0.3, 0.4) is 0 Å². The van der Waals surface area contributed by atoms with Gasteiger partial charge >= 0.3 is 12.0 Å². The molecule has 21 heavy (non-hydrogen) atoms. The van der Waals surface area contributed by atoms with Gasteiger partial charge < -0.3 is 15.7 Å². The number of carboxylic acids is 1. The Balaban J connectivity index is 2.87. The van der Waals surface area contributed by atoms with Crippen molar-refractivity contribution in [1.29, 1.82) is 0 Å². The predicted molar refractivity (Wildman–Crippen MR) is 86.9 cm³/mol. The van der Waals surface area contributed by atoms with Crippen LogP contribution in [0.25, 0.3) is 0 Å². The molecule has 0 aliphatic rings. The number of benzene rings is 1. The molecule has 0 aliphatic heterocycles. The Bertz CT molecular complexity index is 570. The van der Waals surface area contributed by atoms with E-state index in [1.165, 1.54) is 0 Å². The molecule has 3 N–H and O–H groups in total. The molecule has 0 spiro atoms. The number of hydrogen-bond acceptors (Lipinski definition) is 2. The molecular formula is C14H18BrClN2O3. The second kappa shape index (κ2) is 6.66. The van der Waals surface area contributed by atoms with Crippen molar-refractivity contribution in [2.45, 2.75) is 33.7 Å². The fraction of sp³-hybridized carbons (Fsp3) is 0.429. The second-order valence-corrected chi connectivity index (χ2v) is 7.08. The molecule has 0 aromatic heterocycles. The van der Waals surface area contributed by atoms with Crippen molar-refractivity contribution in [3.05, 3.63) is 27.2 Å². The van der Waals surface area contributed by atoms with Crippen molar-refractivity contribution in [2.75, 3.05) is 5.32 Å². The summed E-state index contributed by atoms with van der Waals surface area (Å²) in [5, 5.41) is 14.7.